The molecule has 106 valence electrons. The number of nitrogens with zero attached hydrogens (tertiary/aromatic N) is 1. The van der Waals surface area contributed by atoms with Crippen LogP contribution < -0.4 is 11.1 Å². The van der Waals surface area contributed by atoms with Gasteiger partial charge in [0.25, 0.3) is 0 Å². The fourth-order valence-corrected chi connectivity index (χ4v) is 2.12. The number of carbonyl (C=O) groups is 1. The molecule has 3 N–H and O–H groups in total. The summed E-state index contributed by atoms with van der Waals surface area (Å²) in [6.45, 7) is 5.57. The fourth-order valence-electron chi connectivity index (χ4n) is 2.12. The third-order valence-electron chi connectivity index (χ3n) is 3.42. The van der Waals surface area contributed by atoms with Crippen LogP contribution in [0.5, 0.6) is 0 Å². The summed E-state index contributed by atoms with van der Waals surface area (Å²) in [5.41, 5.74) is 6.49. The van der Waals surface area contributed by atoms with Crippen LogP contribution in [0.25, 0.3) is 0 Å². The smallest absolute Gasteiger partial charge is 0.220 e. The topological polar surface area (TPSA) is 68.0 Å². The predicted octanol–water partition coefficient (Wildman–Crippen LogP) is 2.10. The quantitative estimate of drug-likeness (QED) is 0.754. The van der Waals surface area contributed by atoms with Crippen LogP contribution in [0, 0.1) is 11.8 Å². The molecule has 0 aliphatic heterocycles. The Balaban J connectivity index is 2.27. The minimum atomic E-state index is 0.0910. The van der Waals surface area contributed by atoms with Crippen LogP contribution in [-0.4, -0.2) is 17.4 Å². The predicted molar refractivity (Wildman–Crippen MR) is 77.3 cm³/mol. The summed E-state index contributed by atoms with van der Waals surface area (Å²) in [5.74, 6) is 1.20. The highest BCUT2D eigenvalue weighted by atomic mass is 16.1. The summed E-state index contributed by atoms with van der Waals surface area (Å²) in [7, 11) is 0. The fraction of sp³-hybridized carbons (Fsp3) is 0.600. The monoisotopic (exact) mass is 263 g/mol. The summed E-state index contributed by atoms with van der Waals surface area (Å²) in [6, 6.07) is 5.70. The van der Waals surface area contributed by atoms with Crippen LogP contribution in [0.4, 0.5) is 0 Å². The van der Waals surface area contributed by atoms with Gasteiger partial charge in [-0.2, -0.15) is 0 Å². The van der Waals surface area contributed by atoms with Gasteiger partial charge in [-0.3, -0.25) is 9.78 Å². The number of hydrogen-bond acceptors (Lipinski definition) is 3. The van der Waals surface area contributed by atoms with Gasteiger partial charge in [0, 0.05) is 12.6 Å². The number of hydrogen-bond donors (Lipinski definition) is 2. The highest BCUT2D eigenvalue weighted by Crippen LogP contribution is 2.20. The molecule has 0 bridgehead atoms. The van der Waals surface area contributed by atoms with Gasteiger partial charge < -0.3 is 11.1 Å². The van der Waals surface area contributed by atoms with Crippen LogP contribution in [0.1, 0.15) is 38.8 Å². The zero-order chi connectivity index (χ0) is 14.1. The van der Waals surface area contributed by atoms with Gasteiger partial charge in [-0.15, -0.1) is 0 Å². The highest BCUT2D eigenvalue weighted by Gasteiger charge is 2.14. The Morgan fingerprint density at radius 3 is 2.74 bits per heavy atom. The van der Waals surface area contributed by atoms with E-state index in [2.05, 4.69) is 24.1 Å². The molecular formula is C15H25N3O. The molecule has 1 rings (SSSR count). The lowest BCUT2D eigenvalue weighted by atomic mass is 9.88. The number of aromatic nitrogens is 1. The normalized spacial score (nSPS) is 12.4. The average molecular weight is 263 g/mol. The molecule has 0 saturated carbocycles. The average Bonchev–Trinajstić information content (AvgIpc) is 2.42. The first kappa shape index (κ1) is 15.6. The van der Waals surface area contributed by atoms with E-state index in [1.54, 1.807) is 6.20 Å². The molecule has 19 heavy (non-hydrogen) atoms. The lowest BCUT2D eigenvalue weighted by Gasteiger charge is -2.19. The van der Waals surface area contributed by atoms with Crippen molar-refractivity contribution in [2.24, 2.45) is 17.6 Å². The van der Waals surface area contributed by atoms with Crippen molar-refractivity contribution in [2.45, 2.75) is 39.7 Å². The Labute approximate surface area is 115 Å². The second kappa shape index (κ2) is 8.64. The van der Waals surface area contributed by atoms with Crippen molar-refractivity contribution in [3.8, 4) is 0 Å². The van der Waals surface area contributed by atoms with Gasteiger partial charge >= 0.3 is 0 Å². The van der Waals surface area contributed by atoms with Crippen molar-refractivity contribution < 1.29 is 4.79 Å². The molecule has 1 aromatic heterocycles. The van der Waals surface area contributed by atoms with Gasteiger partial charge in [-0.1, -0.05) is 19.9 Å². The molecule has 0 aromatic carbocycles. The van der Waals surface area contributed by atoms with Crippen LogP contribution >= 0.6 is 0 Å². The summed E-state index contributed by atoms with van der Waals surface area (Å²) >= 11 is 0. The number of nitrogens with one attached hydrogen (secondary N) is 1. The maximum absolute atomic E-state index is 11.8. The number of rotatable bonds is 8. The molecule has 4 heteroatoms. The molecular weight excluding hydrogens is 238 g/mol. The summed E-state index contributed by atoms with van der Waals surface area (Å²) < 4.78 is 0. The third kappa shape index (κ3) is 6.34. The summed E-state index contributed by atoms with van der Waals surface area (Å²) in [6.07, 6.45) is 4.20. The molecule has 0 aliphatic rings. The van der Waals surface area contributed by atoms with E-state index < -0.39 is 0 Å². The molecule has 4 nitrogen and oxygen atoms in total. The van der Waals surface area contributed by atoms with Crippen molar-refractivity contribution in [2.75, 3.05) is 6.54 Å². The molecule has 0 radical (unpaired) electrons. The largest absolute Gasteiger partial charge is 0.350 e. The van der Waals surface area contributed by atoms with Gasteiger partial charge in [0.15, 0.2) is 0 Å². The molecule has 1 heterocycles. The van der Waals surface area contributed by atoms with Crippen molar-refractivity contribution in [3.05, 3.63) is 30.1 Å². The van der Waals surface area contributed by atoms with Crippen molar-refractivity contribution >= 4 is 5.91 Å². The van der Waals surface area contributed by atoms with Gasteiger partial charge in [-0.05, 0) is 43.4 Å². The van der Waals surface area contributed by atoms with Gasteiger partial charge in [0.1, 0.15) is 0 Å². The third-order valence-corrected chi connectivity index (χ3v) is 3.42. The Morgan fingerprint density at radius 1 is 1.37 bits per heavy atom. The molecule has 1 atom stereocenters. The van der Waals surface area contributed by atoms with E-state index in [4.69, 9.17) is 5.73 Å². The molecule has 0 spiro atoms. The zero-order valence-electron chi connectivity index (χ0n) is 11.9. The van der Waals surface area contributed by atoms with E-state index in [0.717, 1.165) is 18.5 Å². The molecule has 1 unspecified atom stereocenters. The van der Waals surface area contributed by atoms with E-state index in [9.17, 15) is 4.79 Å². The molecule has 0 saturated heterocycles. The van der Waals surface area contributed by atoms with Crippen LogP contribution in [0.2, 0.25) is 0 Å². The summed E-state index contributed by atoms with van der Waals surface area (Å²) in [4.78, 5) is 15.9. The maximum atomic E-state index is 11.8. The van der Waals surface area contributed by atoms with E-state index >= 15 is 0 Å². The van der Waals surface area contributed by atoms with E-state index in [1.165, 1.54) is 0 Å². The van der Waals surface area contributed by atoms with Gasteiger partial charge in [0.2, 0.25) is 5.91 Å². The first-order valence-corrected chi connectivity index (χ1v) is 7.00. The lowest BCUT2D eigenvalue weighted by Crippen LogP contribution is -2.24. The molecule has 0 aliphatic carbocycles. The van der Waals surface area contributed by atoms with Crippen LogP contribution in [-0.2, 0) is 11.3 Å². The number of pyridine rings is 1. The number of amides is 1. The zero-order valence-corrected chi connectivity index (χ0v) is 11.9. The first-order chi connectivity index (χ1) is 9.13. The maximum Gasteiger partial charge on any atom is 0.220 e. The standard InChI is InChI=1S/C15H25N3O/c1-12(2)13(8-9-16)6-7-15(19)18-11-14-5-3-4-10-17-14/h3-5,10,12-13H,6-9,11,16H2,1-2H3,(H,18,19). The minimum Gasteiger partial charge on any atom is -0.350 e. The lowest BCUT2D eigenvalue weighted by molar-refractivity contribution is -0.121. The number of carbonyl (C=O) groups excluding carboxylic acids is 1. The van der Waals surface area contributed by atoms with Gasteiger partial charge in [-0.25, -0.2) is 0 Å². The van der Waals surface area contributed by atoms with Crippen molar-refractivity contribution in [3.63, 3.8) is 0 Å². The van der Waals surface area contributed by atoms with Crippen LogP contribution in [0.3, 0.4) is 0 Å². The summed E-state index contributed by atoms with van der Waals surface area (Å²) in [5, 5.41) is 2.90. The Bertz CT molecular complexity index is 365. The SMILES string of the molecule is CC(C)C(CCN)CCC(=O)NCc1ccccn1. The second-order valence-electron chi connectivity index (χ2n) is 5.22. The Hall–Kier alpha value is -1.42. The Morgan fingerprint density at radius 2 is 2.16 bits per heavy atom. The van der Waals surface area contributed by atoms with E-state index in [1.807, 2.05) is 18.2 Å². The highest BCUT2D eigenvalue weighted by molar-refractivity contribution is 5.75. The first-order valence-electron chi connectivity index (χ1n) is 7.00. The van der Waals surface area contributed by atoms with Gasteiger partial charge in [0.05, 0.1) is 12.2 Å². The van der Waals surface area contributed by atoms with E-state index in [0.29, 0.717) is 31.3 Å². The minimum absolute atomic E-state index is 0.0910. The second-order valence-corrected chi connectivity index (χ2v) is 5.22. The van der Waals surface area contributed by atoms with E-state index in [-0.39, 0.29) is 5.91 Å². The molecule has 0 fully saturated rings. The number of nitrogens with two attached hydrogens (primary N) is 1. The van der Waals surface area contributed by atoms with Crippen molar-refractivity contribution in [1.82, 2.24) is 10.3 Å². The Kier molecular flexibility index (Phi) is 7.11. The molecule has 1 amide bonds. The molecule has 1 aromatic rings. The van der Waals surface area contributed by atoms with Crippen molar-refractivity contribution in [1.29, 1.82) is 0 Å². The van der Waals surface area contributed by atoms with Crippen LogP contribution in [0.15, 0.2) is 24.4 Å².